The quantitative estimate of drug-likeness (QED) is 0.869. The summed E-state index contributed by atoms with van der Waals surface area (Å²) in [4.78, 5) is 26.7. The van der Waals surface area contributed by atoms with Crippen molar-refractivity contribution in [3.8, 4) is 0 Å². The van der Waals surface area contributed by atoms with E-state index in [0.29, 0.717) is 12.5 Å². The van der Waals surface area contributed by atoms with Crippen LogP contribution in [-0.4, -0.2) is 29.3 Å². The Morgan fingerprint density at radius 2 is 2.24 bits per heavy atom. The van der Waals surface area contributed by atoms with Gasteiger partial charge in [0, 0.05) is 4.88 Å². The molecule has 2 amide bonds. The molecule has 1 N–H and O–H groups in total. The van der Waals surface area contributed by atoms with Crippen LogP contribution >= 0.6 is 11.3 Å². The number of thiophene rings is 1. The van der Waals surface area contributed by atoms with E-state index in [0.717, 1.165) is 17.7 Å². The zero-order valence-electron chi connectivity index (χ0n) is 9.39. The first-order valence-corrected chi connectivity index (χ1v) is 6.73. The number of carbonyl (C=O) groups excluding carboxylic acids is 2. The molecule has 1 aromatic heterocycles. The smallest absolute Gasteiger partial charge is 0.243 e. The Bertz CT molecular complexity index is 439. The molecule has 2 fully saturated rings. The minimum Gasteiger partial charge on any atom is -0.345 e. The highest BCUT2D eigenvalue weighted by molar-refractivity contribution is 7.09. The molecule has 1 aromatic rings. The molecular weight excluding hydrogens is 236 g/mol. The van der Waals surface area contributed by atoms with Crippen LogP contribution in [0.15, 0.2) is 17.5 Å². The van der Waals surface area contributed by atoms with E-state index in [9.17, 15) is 9.59 Å². The second-order valence-corrected chi connectivity index (χ2v) is 5.63. The Balaban J connectivity index is 1.81. The molecule has 0 bridgehead atoms. The summed E-state index contributed by atoms with van der Waals surface area (Å²) in [6.45, 7) is 0.721. The van der Waals surface area contributed by atoms with Crippen molar-refractivity contribution in [3.63, 3.8) is 0 Å². The van der Waals surface area contributed by atoms with Gasteiger partial charge in [0.15, 0.2) is 0 Å². The van der Waals surface area contributed by atoms with Gasteiger partial charge in [0.1, 0.15) is 6.04 Å². The lowest BCUT2D eigenvalue weighted by atomic mass is 10.1. The number of nitrogens with one attached hydrogen (secondary N) is 1. The minimum absolute atomic E-state index is 0.0173. The Kier molecular flexibility index (Phi) is 2.63. The average Bonchev–Trinajstić information content (AvgIpc) is 3.01. The van der Waals surface area contributed by atoms with Crippen LogP contribution in [0.5, 0.6) is 0 Å². The molecule has 0 radical (unpaired) electrons. The van der Waals surface area contributed by atoms with Crippen LogP contribution in [0.4, 0.5) is 0 Å². The summed E-state index contributed by atoms with van der Waals surface area (Å²) < 4.78 is 0. The maximum absolute atomic E-state index is 11.9. The van der Waals surface area contributed by atoms with E-state index in [-0.39, 0.29) is 24.4 Å². The second kappa shape index (κ2) is 4.14. The van der Waals surface area contributed by atoms with Gasteiger partial charge in [-0.2, -0.15) is 0 Å². The Labute approximate surface area is 104 Å². The molecule has 17 heavy (non-hydrogen) atoms. The fourth-order valence-electron chi connectivity index (χ4n) is 2.30. The van der Waals surface area contributed by atoms with Crippen molar-refractivity contribution in [2.24, 2.45) is 5.92 Å². The summed E-state index contributed by atoms with van der Waals surface area (Å²) in [5.41, 5.74) is 0. The lowest BCUT2D eigenvalue weighted by Gasteiger charge is -2.34. The number of nitrogens with zero attached hydrogens (tertiary/aromatic N) is 1. The molecule has 0 spiro atoms. The van der Waals surface area contributed by atoms with Gasteiger partial charge in [-0.3, -0.25) is 9.59 Å². The molecule has 1 aliphatic heterocycles. The van der Waals surface area contributed by atoms with Gasteiger partial charge < -0.3 is 10.2 Å². The van der Waals surface area contributed by atoms with E-state index < -0.39 is 0 Å². The molecule has 1 saturated heterocycles. The van der Waals surface area contributed by atoms with Gasteiger partial charge in [0.05, 0.1) is 13.1 Å². The average molecular weight is 250 g/mol. The molecule has 2 heterocycles. The topological polar surface area (TPSA) is 49.4 Å². The summed E-state index contributed by atoms with van der Waals surface area (Å²) in [7, 11) is 0. The van der Waals surface area contributed by atoms with Crippen molar-refractivity contribution in [3.05, 3.63) is 22.4 Å². The van der Waals surface area contributed by atoms with Gasteiger partial charge >= 0.3 is 0 Å². The lowest BCUT2D eigenvalue weighted by Crippen LogP contribution is -2.58. The van der Waals surface area contributed by atoms with E-state index in [1.807, 2.05) is 17.5 Å². The monoisotopic (exact) mass is 250 g/mol. The zero-order valence-corrected chi connectivity index (χ0v) is 10.2. The van der Waals surface area contributed by atoms with Crippen molar-refractivity contribution >= 4 is 23.2 Å². The predicted octanol–water partition coefficient (Wildman–Crippen LogP) is 0.985. The molecule has 1 atom stereocenters. The number of amides is 2. The first-order valence-electron chi connectivity index (χ1n) is 5.85. The number of carbonyl (C=O) groups is 2. The Morgan fingerprint density at radius 3 is 2.88 bits per heavy atom. The normalized spacial score (nSPS) is 24.9. The van der Waals surface area contributed by atoms with E-state index in [4.69, 9.17) is 0 Å². The van der Waals surface area contributed by atoms with Gasteiger partial charge in [-0.25, -0.2) is 0 Å². The molecule has 1 saturated carbocycles. The molecule has 5 heteroatoms. The summed E-state index contributed by atoms with van der Waals surface area (Å²) >= 11 is 1.63. The summed E-state index contributed by atoms with van der Waals surface area (Å²) in [5.74, 6) is 0.428. The van der Waals surface area contributed by atoms with E-state index in [2.05, 4.69) is 5.32 Å². The summed E-state index contributed by atoms with van der Waals surface area (Å²) in [6, 6.07) is 3.74. The standard InChI is InChI=1S/C12H14N2O2S/c15-10-6-13-12(16)11(8-3-4-8)14(10)7-9-2-1-5-17-9/h1-2,5,8,11H,3-4,6-7H2,(H,13,16). The highest BCUT2D eigenvalue weighted by Crippen LogP contribution is 2.37. The molecule has 4 nitrogen and oxygen atoms in total. The maximum atomic E-state index is 11.9. The van der Waals surface area contributed by atoms with Crippen LogP contribution in [0.25, 0.3) is 0 Å². The fraction of sp³-hybridized carbons (Fsp3) is 0.500. The molecule has 0 aromatic carbocycles. The zero-order chi connectivity index (χ0) is 11.8. The number of hydrogen-bond donors (Lipinski definition) is 1. The van der Waals surface area contributed by atoms with Gasteiger partial charge in [-0.05, 0) is 30.2 Å². The predicted molar refractivity (Wildman–Crippen MR) is 64.4 cm³/mol. The third kappa shape index (κ3) is 2.07. The maximum Gasteiger partial charge on any atom is 0.243 e. The van der Waals surface area contributed by atoms with Crippen LogP contribution in [0, 0.1) is 5.92 Å². The highest BCUT2D eigenvalue weighted by atomic mass is 32.1. The Morgan fingerprint density at radius 1 is 1.41 bits per heavy atom. The van der Waals surface area contributed by atoms with Crippen LogP contribution in [0.3, 0.4) is 0 Å². The Hall–Kier alpha value is -1.36. The fourth-order valence-corrected chi connectivity index (χ4v) is 3.01. The first kappa shape index (κ1) is 10.8. The molecular formula is C12H14N2O2S. The van der Waals surface area contributed by atoms with E-state index >= 15 is 0 Å². The molecule has 2 aliphatic rings. The van der Waals surface area contributed by atoms with Crippen molar-refractivity contribution in [1.82, 2.24) is 10.2 Å². The number of hydrogen-bond acceptors (Lipinski definition) is 3. The van der Waals surface area contributed by atoms with Gasteiger partial charge in [0.25, 0.3) is 0 Å². The van der Waals surface area contributed by atoms with Crippen molar-refractivity contribution in [1.29, 1.82) is 0 Å². The lowest BCUT2D eigenvalue weighted by molar-refractivity contribution is -0.147. The van der Waals surface area contributed by atoms with Crippen molar-refractivity contribution in [2.45, 2.75) is 25.4 Å². The van der Waals surface area contributed by atoms with Gasteiger partial charge in [0.2, 0.25) is 11.8 Å². The SMILES string of the molecule is O=C1NCC(=O)N(Cc2cccs2)C1C1CC1. The van der Waals surface area contributed by atoms with Crippen LogP contribution in [-0.2, 0) is 16.1 Å². The van der Waals surface area contributed by atoms with Gasteiger partial charge in [-0.1, -0.05) is 6.07 Å². The van der Waals surface area contributed by atoms with Gasteiger partial charge in [-0.15, -0.1) is 11.3 Å². The third-order valence-corrected chi connectivity index (χ3v) is 4.17. The third-order valence-electron chi connectivity index (χ3n) is 3.31. The largest absolute Gasteiger partial charge is 0.345 e. The number of rotatable bonds is 3. The van der Waals surface area contributed by atoms with Crippen molar-refractivity contribution in [2.75, 3.05) is 6.54 Å². The highest BCUT2D eigenvalue weighted by Gasteiger charge is 2.44. The molecule has 3 rings (SSSR count). The van der Waals surface area contributed by atoms with E-state index in [1.54, 1.807) is 16.2 Å². The molecule has 1 unspecified atom stereocenters. The second-order valence-electron chi connectivity index (χ2n) is 4.60. The van der Waals surface area contributed by atoms with Crippen LogP contribution in [0.1, 0.15) is 17.7 Å². The van der Waals surface area contributed by atoms with Crippen LogP contribution in [0.2, 0.25) is 0 Å². The first-order chi connectivity index (χ1) is 8.25. The summed E-state index contributed by atoms with van der Waals surface area (Å²) in [6.07, 6.45) is 2.12. The van der Waals surface area contributed by atoms with Crippen molar-refractivity contribution < 1.29 is 9.59 Å². The minimum atomic E-state index is -0.238. The van der Waals surface area contributed by atoms with Crippen LogP contribution < -0.4 is 5.32 Å². The molecule has 1 aliphatic carbocycles. The summed E-state index contributed by atoms with van der Waals surface area (Å²) in [5, 5.41) is 4.68. The number of piperazine rings is 1. The van der Waals surface area contributed by atoms with E-state index in [1.165, 1.54) is 0 Å². The molecule has 90 valence electrons.